The molecule has 0 aliphatic heterocycles. The van der Waals surface area contributed by atoms with Gasteiger partial charge in [-0.3, -0.25) is 0 Å². The third kappa shape index (κ3) is 6.82. The van der Waals surface area contributed by atoms with E-state index in [1.54, 1.807) is 0 Å². The number of rotatable bonds is 2. The minimum absolute atomic E-state index is 0.230. The second-order valence-corrected chi connectivity index (χ2v) is 3.27. The Morgan fingerprint density at radius 3 is 2.07 bits per heavy atom. The first-order valence-electron chi connectivity index (χ1n) is 4.52. The topological polar surface area (TPSA) is 55.3 Å². The molecule has 0 saturated heterocycles. The van der Waals surface area contributed by atoms with Crippen molar-refractivity contribution in [2.75, 3.05) is 32.9 Å². The second-order valence-electron chi connectivity index (χ2n) is 3.27. The van der Waals surface area contributed by atoms with Crippen LogP contribution in [0.5, 0.6) is 0 Å². The molecule has 0 spiro atoms. The summed E-state index contributed by atoms with van der Waals surface area (Å²) in [7, 11) is 4.01. The number of nitrogen functional groups attached to an aromatic ring is 1. The molecule has 1 aromatic rings. The average Bonchev–Trinajstić information content (AvgIpc) is 2.13. The monoisotopic (exact) mass is 217 g/mol. The van der Waals surface area contributed by atoms with Crippen LogP contribution < -0.4 is 11.5 Å². The van der Waals surface area contributed by atoms with Gasteiger partial charge in [0, 0.05) is 18.8 Å². The van der Waals surface area contributed by atoms with Crippen molar-refractivity contribution in [3.63, 3.8) is 0 Å². The molecule has 0 aliphatic rings. The van der Waals surface area contributed by atoms with Crippen LogP contribution in [0.25, 0.3) is 0 Å². The van der Waals surface area contributed by atoms with Crippen LogP contribution in [0.2, 0.25) is 0 Å². The van der Waals surface area contributed by atoms with E-state index in [4.69, 9.17) is 11.5 Å². The summed E-state index contributed by atoms with van der Waals surface area (Å²) in [6.45, 7) is 1.74. The summed E-state index contributed by atoms with van der Waals surface area (Å²) in [6, 6.07) is 3.23. The Morgan fingerprint density at radius 2 is 1.80 bits per heavy atom. The highest BCUT2D eigenvalue weighted by molar-refractivity contribution is 5.37. The Morgan fingerprint density at radius 1 is 1.20 bits per heavy atom. The van der Waals surface area contributed by atoms with Crippen molar-refractivity contribution in [2.45, 2.75) is 0 Å². The van der Waals surface area contributed by atoms with Crippen molar-refractivity contribution in [2.24, 2.45) is 5.73 Å². The van der Waals surface area contributed by atoms with Crippen LogP contribution in [0.1, 0.15) is 0 Å². The molecule has 15 heavy (non-hydrogen) atoms. The van der Waals surface area contributed by atoms with Gasteiger partial charge in [-0.25, -0.2) is 8.78 Å². The van der Waals surface area contributed by atoms with Gasteiger partial charge in [-0.05, 0) is 32.3 Å². The van der Waals surface area contributed by atoms with Gasteiger partial charge in [0.15, 0.2) is 11.6 Å². The number of halogens is 2. The van der Waals surface area contributed by atoms with E-state index in [9.17, 15) is 8.78 Å². The molecule has 1 rings (SSSR count). The lowest BCUT2D eigenvalue weighted by Crippen LogP contribution is -2.20. The van der Waals surface area contributed by atoms with E-state index >= 15 is 0 Å². The highest BCUT2D eigenvalue weighted by Gasteiger charge is 1.97. The summed E-state index contributed by atoms with van der Waals surface area (Å²) in [4.78, 5) is 2.06. The zero-order chi connectivity index (χ0) is 11.8. The Hall–Kier alpha value is -1.20. The number of anilines is 1. The first-order valence-corrected chi connectivity index (χ1v) is 4.52. The summed E-state index contributed by atoms with van der Waals surface area (Å²) < 4.78 is 24.2. The zero-order valence-corrected chi connectivity index (χ0v) is 9.00. The summed E-state index contributed by atoms with van der Waals surface area (Å²) in [5.74, 6) is -1.78. The summed E-state index contributed by atoms with van der Waals surface area (Å²) in [5.41, 5.74) is 10.5. The van der Waals surface area contributed by atoms with Crippen molar-refractivity contribution < 1.29 is 8.78 Å². The number of nitrogens with two attached hydrogens (primary N) is 2. The SMILES string of the molecule is CN(C)CCN.Nc1ccc(F)c(F)c1. The molecule has 0 bridgehead atoms. The van der Waals surface area contributed by atoms with Crippen molar-refractivity contribution >= 4 is 5.69 Å². The van der Waals surface area contributed by atoms with Gasteiger partial charge in [-0.2, -0.15) is 0 Å². The molecule has 0 amide bonds. The van der Waals surface area contributed by atoms with Crippen LogP contribution in [0, 0.1) is 11.6 Å². The van der Waals surface area contributed by atoms with E-state index in [1.165, 1.54) is 6.07 Å². The first-order chi connectivity index (χ1) is 6.97. The average molecular weight is 217 g/mol. The molecule has 5 heteroatoms. The molecule has 86 valence electrons. The lowest BCUT2D eigenvalue weighted by Gasteiger charge is -2.03. The largest absolute Gasteiger partial charge is 0.399 e. The van der Waals surface area contributed by atoms with E-state index in [2.05, 4.69) is 4.90 Å². The minimum atomic E-state index is -0.907. The predicted molar refractivity (Wildman–Crippen MR) is 58.4 cm³/mol. The van der Waals surface area contributed by atoms with Crippen molar-refractivity contribution in [3.8, 4) is 0 Å². The van der Waals surface area contributed by atoms with Crippen LogP contribution in [-0.2, 0) is 0 Å². The fraction of sp³-hybridized carbons (Fsp3) is 0.400. The number of nitrogens with zero attached hydrogens (tertiary/aromatic N) is 1. The lowest BCUT2D eigenvalue weighted by molar-refractivity contribution is 0.420. The molecule has 0 heterocycles. The van der Waals surface area contributed by atoms with Crippen LogP contribution in [0.3, 0.4) is 0 Å². The molecule has 0 saturated carbocycles. The maximum atomic E-state index is 12.1. The lowest BCUT2D eigenvalue weighted by atomic mass is 10.3. The molecule has 3 nitrogen and oxygen atoms in total. The first kappa shape index (κ1) is 13.8. The van der Waals surface area contributed by atoms with Crippen LogP contribution >= 0.6 is 0 Å². The molecule has 1 aromatic carbocycles. The zero-order valence-electron chi connectivity index (χ0n) is 9.00. The molecule has 0 unspecified atom stereocenters. The van der Waals surface area contributed by atoms with Crippen LogP contribution in [0.15, 0.2) is 18.2 Å². The van der Waals surface area contributed by atoms with Gasteiger partial charge in [0.1, 0.15) is 0 Å². The van der Waals surface area contributed by atoms with E-state index < -0.39 is 11.6 Å². The molecule has 0 radical (unpaired) electrons. The normalized spacial score (nSPS) is 9.73. The Bertz CT molecular complexity index is 290. The van der Waals surface area contributed by atoms with Gasteiger partial charge in [0.2, 0.25) is 0 Å². The Kier molecular flexibility index (Phi) is 6.57. The van der Waals surface area contributed by atoms with E-state index in [-0.39, 0.29) is 5.69 Å². The number of likely N-dealkylation sites (N-methyl/N-ethyl adjacent to an activating group) is 1. The second kappa shape index (κ2) is 7.14. The molecular weight excluding hydrogens is 200 g/mol. The Labute approximate surface area is 88.7 Å². The number of hydrogen-bond acceptors (Lipinski definition) is 3. The van der Waals surface area contributed by atoms with Crippen LogP contribution in [-0.4, -0.2) is 32.1 Å². The van der Waals surface area contributed by atoms with Gasteiger partial charge >= 0.3 is 0 Å². The summed E-state index contributed by atoms with van der Waals surface area (Å²) in [5, 5.41) is 0. The highest BCUT2D eigenvalue weighted by Crippen LogP contribution is 2.08. The van der Waals surface area contributed by atoms with Gasteiger partial charge in [0.25, 0.3) is 0 Å². The highest BCUT2D eigenvalue weighted by atomic mass is 19.2. The third-order valence-corrected chi connectivity index (χ3v) is 1.52. The molecule has 0 aromatic heterocycles. The third-order valence-electron chi connectivity index (χ3n) is 1.52. The van der Waals surface area contributed by atoms with Gasteiger partial charge in [0.05, 0.1) is 0 Å². The van der Waals surface area contributed by atoms with Crippen molar-refractivity contribution in [1.82, 2.24) is 4.90 Å². The standard InChI is InChI=1S/C6H5F2N.C4H12N2/c7-5-2-1-4(9)3-6(5)8;1-6(2)4-3-5/h1-3H,9H2;3-5H2,1-2H3. The predicted octanol–water partition coefficient (Wildman–Crippen LogP) is 1.05. The molecule has 0 fully saturated rings. The van der Waals surface area contributed by atoms with Gasteiger partial charge in [-0.1, -0.05) is 0 Å². The number of benzene rings is 1. The van der Waals surface area contributed by atoms with Gasteiger partial charge < -0.3 is 16.4 Å². The Balaban J connectivity index is 0.000000288. The van der Waals surface area contributed by atoms with Crippen LogP contribution in [0.4, 0.5) is 14.5 Å². The van der Waals surface area contributed by atoms with Crippen molar-refractivity contribution in [3.05, 3.63) is 29.8 Å². The van der Waals surface area contributed by atoms with Crippen molar-refractivity contribution in [1.29, 1.82) is 0 Å². The maximum absolute atomic E-state index is 12.1. The summed E-state index contributed by atoms with van der Waals surface area (Å²) in [6.07, 6.45) is 0. The fourth-order valence-electron chi connectivity index (χ4n) is 0.771. The van der Waals surface area contributed by atoms with E-state index in [0.29, 0.717) is 0 Å². The minimum Gasteiger partial charge on any atom is -0.399 e. The molecule has 0 atom stereocenters. The molecule has 0 aliphatic carbocycles. The van der Waals surface area contributed by atoms with E-state index in [0.717, 1.165) is 25.2 Å². The molecule has 4 N–H and O–H groups in total. The quantitative estimate of drug-likeness (QED) is 0.728. The summed E-state index contributed by atoms with van der Waals surface area (Å²) >= 11 is 0. The number of hydrogen-bond donors (Lipinski definition) is 2. The van der Waals surface area contributed by atoms with Gasteiger partial charge in [-0.15, -0.1) is 0 Å². The molecular formula is C10H17F2N3. The fourth-order valence-corrected chi connectivity index (χ4v) is 0.771. The maximum Gasteiger partial charge on any atom is 0.160 e. The van der Waals surface area contributed by atoms with E-state index in [1.807, 2.05) is 14.1 Å². The smallest absolute Gasteiger partial charge is 0.160 e.